The SMILES string of the molecule is CCc1cnc(Cl)nc1C. The number of hydrogen-bond acceptors (Lipinski definition) is 2. The lowest BCUT2D eigenvalue weighted by Crippen LogP contribution is -1.92. The van der Waals surface area contributed by atoms with Gasteiger partial charge in [-0.05, 0) is 30.5 Å². The number of halogens is 1. The summed E-state index contributed by atoms with van der Waals surface area (Å²) in [5.41, 5.74) is 2.13. The Bertz CT molecular complexity index is 235. The van der Waals surface area contributed by atoms with Gasteiger partial charge in [-0.25, -0.2) is 9.97 Å². The predicted octanol–water partition coefficient (Wildman–Crippen LogP) is 2.00. The van der Waals surface area contributed by atoms with Crippen molar-refractivity contribution in [1.29, 1.82) is 0 Å². The summed E-state index contributed by atoms with van der Waals surface area (Å²) in [6, 6.07) is 0. The van der Waals surface area contributed by atoms with Gasteiger partial charge < -0.3 is 0 Å². The first-order valence-corrected chi connectivity index (χ1v) is 3.60. The van der Waals surface area contributed by atoms with Crippen LogP contribution in [-0.4, -0.2) is 9.97 Å². The van der Waals surface area contributed by atoms with Crippen LogP contribution in [0, 0.1) is 6.92 Å². The minimum absolute atomic E-state index is 0.328. The van der Waals surface area contributed by atoms with E-state index in [1.807, 2.05) is 6.92 Å². The first-order valence-electron chi connectivity index (χ1n) is 3.22. The molecule has 0 amide bonds. The van der Waals surface area contributed by atoms with Crippen LogP contribution in [0.15, 0.2) is 6.20 Å². The average Bonchev–Trinajstić information content (AvgIpc) is 1.88. The van der Waals surface area contributed by atoms with Crippen LogP contribution in [0.25, 0.3) is 0 Å². The van der Waals surface area contributed by atoms with Crippen LogP contribution in [0.1, 0.15) is 18.2 Å². The molecule has 0 saturated carbocycles. The third-order valence-electron chi connectivity index (χ3n) is 1.43. The number of nitrogens with zero attached hydrogens (tertiary/aromatic N) is 2. The van der Waals surface area contributed by atoms with Gasteiger partial charge in [-0.3, -0.25) is 0 Å². The minimum Gasteiger partial charge on any atom is -0.226 e. The van der Waals surface area contributed by atoms with Gasteiger partial charge in [-0.1, -0.05) is 6.92 Å². The van der Waals surface area contributed by atoms with E-state index in [0.29, 0.717) is 5.28 Å². The lowest BCUT2D eigenvalue weighted by atomic mass is 10.2. The van der Waals surface area contributed by atoms with E-state index in [-0.39, 0.29) is 0 Å². The topological polar surface area (TPSA) is 25.8 Å². The van der Waals surface area contributed by atoms with Gasteiger partial charge in [0.15, 0.2) is 0 Å². The fraction of sp³-hybridized carbons (Fsp3) is 0.429. The Kier molecular flexibility index (Phi) is 2.22. The van der Waals surface area contributed by atoms with Crippen molar-refractivity contribution in [3.8, 4) is 0 Å². The summed E-state index contributed by atoms with van der Waals surface area (Å²) in [7, 11) is 0. The molecule has 2 nitrogen and oxygen atoms in total. The number of aryl methyl sites for hydroxylation is 2. The molecule has 1 aromatic rings. The summed E-state index contributed by atoms with van der Waals surface area (Å²) >= 11 is 5.55. The highest BCUT2D eigenvalue weighted by atomic mass is 35.5. The van der Waals surface area contributed by atoms with E-state index in [4.69, 9.17) is 11.6 Å². The minimum atomic E-state index is 0.328. The van der Waals surface area contributed by atoms with Gasteiger partial charge in [0.25, 0.3) is 0 Å². The molecule has 0 aliphatic rings. The van der Waals surface area contributed by atoms with Crippen LogP contribution in [0.5, 0.6) is 0 Å². The standard InChI is InChI=1S/C7H9ClN2/c1-3-6-4-9-7(8)10-5(6)2/h4H,3H2,1-2H3. The Morgan fingerprint density at radius 1 is 1.60 bits per heavy atom. The van der Waals surface area contributed by atoms with Gasteiger partial charge in [0.1, 0.15) is 0 Å². The van der Waals surface area contributed by atoms with Gasteiger partial charge in [0.2, 0.25) is 5.28 Å². The molecule has 0 saturated heterocycles. The number of aromatic nitrogens is 2. The molecule has 1 aromatic heterocycles. The maximum Gasteiger partial charge on any atom is 0.222 e. The van der Waals surface area contributed by atoms with Gasteiger partial charge in [-0.2, -0.15) is 0 Å². The summed E-state index contributed by atoms with van der Waals surface area (Å²) in [5.74, 6) is 0. The molecule has 0 aliphatic heterocycles. The molecular weight excluding hydrogens is 148 g/mol. The third kappa shape index (κ3) is 1.45. The van der Waals surface area contributed by atoms with E-state index in [2.05, 4.69) is 16.9 Å². The Labute approximate surface area is 65.3 Å². The van der Waals surface area contributed by atoms with E-state index in [9.17, 15) is 0 Å². The molecule has 0 N–H and O–H groups in total. The van der Waals surface area contributed by atoms with Gasteiger partial charge in [0.05, 0.1) is 0 Å². The van der Waals surface area contributed by atoms with Crippen LogP contribution in [-0.2, 0) is 6.42 Å². The van der Waals surface area contributed by atoms with E-state index >= 15 is 0 Å². The predicted molar refractivity (Wildman–Crippen MR) is 41.2 cm³/mol. The lowest BCUT2D eigenvalue weighted by Gasteiger charge is -1.98. The number of hydrogen-bond donors (Lipinski definition) is 0. The van der Waals surface area contributed by atoms with Crippen molar-refractivity contribution >= 4 is 11.6 Å². The van der Waals surface area contributed by atoms with Gasteiger partial charge in [0, 0.05) is 11.9 Å². The molecule has 0 unspecified atom stereocenters. The Hall–Kier alpha value is -0.630. The molecule has 0 fully saturated rings. The molecular formula is C7H9ClN2. The summed E-state index contributed by atoms with van der Waals surface area (Å²) in [5, 5.41) is 0.328. The van der Waals surface area contributed by atoms with E-state index in [0.717, 1.165) is 17.7 Å². The molecule has 0 atom stereocenters. The second-order valence-electron chi connectivity index (χ2n) is 2.10. The molecule has 1 rings (SSSR count). The summed E-state index contributed by atoms with van der Waals surface area (Å²) in [6.07, 6.45) is 2.73. The molecule has 0 aromatic carbocycles. The van der Waals surface area contributed by atoms with Crippen molar-refractivity contribution < 1.29 is 0 Å². The van der Waals surface area contributed by atoms with Crippen LogP contribution < -0.4 is 0 Å². The van der Waals surface area contributed by atoms with Crippen LogP contribution in [0.4, 0.5) is 0 Å². The average molecular weight is 157 g/mol. The molecule has 3 heteroatoms. The summed E-state index contributed by atoms with van der Waals surface area (Å²) in [6.45, 7) is 4.01. The monoisotopic (exact) mass is 156 g/mol. The van der Waals surface area contributed by atoms with Crippen molar-refractivity contribution in [3.05, 3.63) is 22.7 Å². The van der Waals surface area contributed by atoms with Crippen LogP contribution in [0.3, 0.4) is 0 Å². The Morgan fingerprint density at radius 3 is 2.80 bits per heavy atom. The van der Waals surface area contributed by atoms with Crippen molar-refractivity contribution in [1.82, 2.24) is 9.97 Å². The quantitative estimate of drug-likeness (QED) is 0.582. The van der Waals surface area contributed by atoms with Crippen molar-refractivity contribution in [3.63, 3.8) is 0 Å². The zero-order chi connectivity index (χ0) is 7.56. The first kappa shape index (κ1) is 7.48. The zero-order valence-corrected chi connectivity index (χ0v) is 6.81. The van der Waals surface area contributed by atoms with Crippen LogP contribution >= 0.6 is 11.6 Å². The molecule has 0 spiro atoms. The summed E-state index contributed by atoms with van der Waals surface area (Å²) < 4.78 is 0. The van der Waals surface area contributed by atoms with Gasteiger partial charge >= 0.3 is 0 Å². The fourth-order valence-corrected chi connectivity index (χ4v) is 0.986. The van der Waals surface area contributed by atoms with Crippen molar-refractivity contribution in [2.24, 2.45) is 0 Å². The van der Waals surface area contributed by atoms with E-state index < -0.39 is 0 Å². The molecule has 54 valence electrons. The Balaban J connectivity index is 3.07. The summed E-state index contributed by atoms with van der Waals surface area (Å²) in [4.78, 5) is 7.86. The largest absolute Gasteiger partial charge is 0.226 e. The van der Waals surface area contributed by atoms with Crippen molar-refractivity contribution in [2.75, 3.05) is 0 Å². The molecule has 1 heterocycles. The molecule has 0 aliphatic carbocycles. The zero-order valence-electron chi connectivity index (χ0n) is 6.06. The van der Waals surface area contributed by atoms with E-state index in [1.54, 1.807) is 6.20 Å². The first-order chi connectivity index (χ1) is 4.74. The second-order valence-corrected chi connectivity index (χ2v) is 2.44. The molecule has 0 bridgehead atoms. The maximum atomic E-state index is 5.55. The highest BCUT2D eigenvalue weighted by Crippen LogP contribution is 2.06. The third-order valence-corrected chi connectivity index (χ3v) is 1.61. The highest BCUT2D eigenvalue weighted by molar-refractivity contribution is 6.28. The fourth-order valence-electron chi connectivity index (χ4n) is 0.811. The second kappa shape index (κ2) is 2.97. The maximum absolute atomic E-state index is 5.55. The normalized spacial score (nSPS) is 9.90. The highest BCUT2D eigenvalue weighted by Gasteiger charge is 1.97. The smallest absolute Gasteiger partial charge is 0.222 e. The van der Waals surface area contributed by atoms with Gasteiger partial charge in [-0.15, -0.1) is 0 Å². The Morgan fingerprint density at radius 2 is 2.30 bits per heavy atom. The van der Waals surface area contributed by atoms with Crippen molar-refractivity contribution in [2.45, 2.75) is 20.3 Å². The number of rotatable bonds is 1. The molecule has 10 heavy (non-hydrogen) atoms. The van der Waals surface area contributed by atoms with Crippen LogP contribution in [0.2, 0.25) is 5.28 Å². The lowest BCUT2D eigenvalue weighted by molar-refractivity contribution is 0.995. The molecule has 0 radical (unpaired) electrons. The van der Waals surface area contributed by atoms with E-state index in [1.165, 1.54) is 0 Å².